The first-order valence-electron chi connectivity index (χ1n) is 14.0. The van der Waals surface area contributed by atoms with E-state index in [-0.39, 0.29) is 22.7 Å². The van der Waals surface area contributed by atoms with Gasteiger partial charge in [0.25, 0.3) is 15.9 Å². The summed E-state index contributed by atoms with van der Waals surface area (Å²) in [5, 5.41) is 8.46. The average Bonchev–Trinajstić information content (AvgIpc) is 3.07. The van der Waals surface area contributed by atoms with Gasteiger partial charge in [0.1, 0.15) is 5.75 Å². The van der Waals surface area contributed by atoms with E-state index in [9.17, 15) is 13.2 Å². The number of carbonyl (C=O) groups is 1. The lowest BCUT2D eigenvalue weighted by atomic mass is 9.97. The van der Waals surface area contributed by atoms with Gasteiger partial charge in [-0.25, -0.2) is 13.8 Å². The molecule has 1 N–H and O–H groups in total. The summed E-state index contributed by atoms with van der Waals surface area (Å²) in [6.07, 6.45) is 1.64. The highest BCUT2D eigenvalue weighted by atomic mass is 32.2. The van der Waals surface area contributed by atoms with Crippen molar-refractivity contribution in [3.8, 4) is 5.75 Å². The van der Waals surface area contributed by atoms with Gasteiger partial charge >= 0.3 is 0 Å². The number of methoxy groups -OCH3 is 1. The van der Waals surface area contributed by atoms with Crippen molar-refractivity contribution < 1.29 is 17.9 Å². The third kappa shape index (κ3) is 5.75. The predicted octanol–water partition coefficient (Wildman–Crippen LogP) is 7.16. The summed E-state index contributed by atoms with van der Waals surface area (Å²) < 4.78 is 34.6. The van der Waals surface area contributed by atoms with Gasteiger partial charge in [-0.15, -0.1) is 0 Å². The van der Waals surface area contributed by atoms with Crippen molar-refractivity contribution in [1.29, 1.82) is 0 Å². The number of fused-ring (bicyclic) bond motifs is 2. The lowest BCUT2D eigenvalue weighted by molar-refractivity contribution is 0.0955. The number of rotatable bonds is 9. The van der Waals surface area contributed by atoms with Crippen LogP contribution in [-0.4, -0.2) is 27.6 Å². The Kier molecular flexibility index (Phi) is 8.08. The van der Waals surface area contributed by atoms with E-state index in [0.29, 0.717) is 5.75 Å². The van der Waals surface area contributed by atoms with Crippen molar-refractivity contribution >= 4 is 49.4 Å². The molecule has 6 aromatic carbocycles. The van der Waals surface area contributed by atoms with E-state index in [1.165, 1.54) is 23.5 Å². The van der Waals surface area contributed by atoms with Crippen molar-refractivity contribution in [2.24, 2.45) is 5.10 Å². The molecule has 0 radical (unpaired) electrons. The molecule has 0 saturated heterocycles. The zero-order valence-corrected chi connectivity index (χ0v) is 24.7. The lowest BCUT2D eigenvalue weighted by Crippen LogP contribution is -2.33. The molecule has 0 bridgehead atoms. The predicted molar refractivity (Wildman–Crippen MR) is 176 cm³/mol. The summed E-state index contributed by atoms with van der Waals surface area (Å²) in [6, 6.07) is 40.2. The average molecular weight is 600 g/mol. The highest BCUT2D eigenvalue weighted by molar-refractivity contribution is 7.92. The number of ether oxygens (including phenoxy) is 1. The number of hydrogen-bond acceptors (Lipinski definition) is 5. The first-order valence-corrected chi connectivity index (χ1v) is 15.4. The number of nitrogens with one attached hydrogen (secondary N) is 1. The van der Waals surface area contributed by atoms with Gasteiger partial charge in [-0.1, -0.05) is 91.0 Å². The van der Waals surface area contributed by atoms with Gasteiger partial charge < -0.3 is 4.74 Å². The minimum absolute atomic E-state index is 0.0186. The van der Waals surface area contributed by atoms with Crippen molar-refractivity contribution in [2.45, 2.75) is 11.4 Å². The zero-order valence-electron chi connectivity index (χ0n) is 23.9. The fraction of sp³-hybridized carbons (Fsp3) is 0.0556. The Balaban J connectivity index is 1.37. The second-order valence-corrected chi connectivity index (χ2v) is 12.0. The van der Waals surface area contributed by atoms with E-state index in [1.54, 1.807) is 42.6 Å². The van der Waals surface area contributed by atoms with Crippen LogP contribution in [-0.2, 0) is 16.6 Å². The van der Waals surface area contributed by atoms with Gasteiger partial charge in [-0.2, -0.15) is 5.10 Å². The SMILES string of the molecule is COc1ccc(S(=O)(=O)N(Cc2ccccc2)c2ccccc2C(=O)N/N=C\c2c3ccccc3cc3ccccc23)cc1. The number of para-hydroxylation sites is 1. The molecule has 0 aliphatic rings. The molecule has 0 aliphatic carbocycles. The fourth-order valence-electron chi connectivity index (χ4n) is 5.21. The molecule has 44 heavy (non-hydrogen) atoms. The number of hydrazone groups is 1. The highest BCUT2D eigenvalue weighted by Gasteiger charge is 2.28. The Hall–Kier alpha value is -5.47. The maximum atomic E-state index is 14.1. The van der Waals surface area contributed by atoms with Gasteiger partial charge in [0.15, 0.2) is 0 Å². The number of benzene rings is 6. The molecule has 0 heterocycles. The summed E-state index contributed by atoms with van der Waals surface area (Å²) in [4.78, 5) is 13.7. The number of anilines is 1. The molecular weight excluding hydrogens is 570 g/mol. The molecule has 0 unspecified atom stereocenters. The summed E-state index contributed by atoms with van der Waals surface area (Å²) >= 11 is 0. The largest absolute Gasteiger partial charge is 0.497 e. The van der Waals surface area contributed by atoms with E-state index in [2.05, 4.69) is 16.6 Å². The summed E-state index contributed by atoms with van der Waals surface area (Å²) in [6.45, 7) is 0.0186. The Morgan fingerprint density at radius 2 is 1.36 bits per heavy atom. The quantitative estimate of drug-likeness (QED) is 0.109. The Morgan fingerprint density at radius 3 is 2.02 bits per heavy atom. The Morgan fingerprint density at radius 1 is 0.773 bits per heavy atom. The first kappa shape index (κ1) is 28.6. The molecule has 0 saturated carbocycles. The van der Waals surface area contributed by atoms with Gasteiger partial charge in [0.05, 0.1) is 36.0 Å². The third-order valence-electron chi connectivity index (χ3n) is 7.41. The minimum atomic E-state index is -4.09. The molecule has 8 heteroatoms. The maximum absolute atomic E-state index is 14.1. The summed E-state index contributed by atoms with van der Waals surface area (Å²) in [5.41, 5.74) is 4.67. The summed E-state index contributed by atoms with van der Waals surface area (Å²) in [7, 11) is -2.57. The number of hydrogen-bond donors (Lipinski definition) is 1. The molecule has 0 atom stereocenters. The van der Waals surface area contributed by atoms with E-state index in [0.717, 1.165) is 32.7 Å². The number of nitrogens with zero attached hydrogens (tertiary/aromatic N) is 2. The van der Waals surface area contributed by atoms with Crippen molar-refractivity contribution in [2.75, 3.05) is 11.4 Å². The van der Waals surface area contributed by atoms with Gasteiger partial charge in [-0.3, -0.25) is 9.10 Å². The third-order valence-corrected chi connectivity index (χ3v) is 9.18. The molecule has 218 valence electrons. The first-order chi connectivity index (χ1) is 21.5. The van der Waals surface area contributed by atoms with E-state index in [4.69, 9.17) is 4.74 Å². The van der Waals surface area contributed by atoms with Crippen LogP contribution in [0.4, 0.5) is 5.69 Å². The van der Waals surface area contributed by atoms with E-state index >= 15 is 0 Å². The smallest absolute Gasteiger partial charge is 0.273 e. The second kappa shape index (κ2) is 12.4. The molecule has 0 aromatic heterocycles. The lowest BCUT2D eigenvalue weighted by Gasteiger charge is -2.26. The second-order valence-electron chi connectivity index (χ2n) is 10.1. The molecule has 0 aliphatic heterocycles. The monoisotopic (exact) mass is 599 g/mol. The molecule has 7 nitrogen and oxygen atoms in total. The zero-order chi connectivity index (χ0) is 30.5. The number of sulfonamides is 1. The van der Waals surface area contributed by atoms with E-state index in [1.807, 2.05) is 78.9 Å². The van der Waals surface area contributed by atoms with Crippen molar-refractivity contribution in [3.05, 3.63) is 150 Å². The van der Waals surface area contributed by atoms with Crippen molar-refractivity contribution in [3.63, 3.8) is 0 Å². The molecule has 0 spiro atoms. The molecule has 6 rings (SSSR count). The molecule has 1 amide bonds. The maximum Gasteiger partial charge on any atom is 0.273 e. The van der Waals surface area contributed by atoms with Gasteiger partial charge in [0.2, 0.25) is 0 Å². The molecule has 6 aromatic rings. The Labute approximate surface area is 256 Å². The highest BCUT2D eigenvalue weighted by Crippen LogP contribution is 2.31. The normalized spacial score (nSPS) is 11.6. The van der Waals surface area contributed by atoms with Gasteiger partial charge in [0, 0.05) is 5.56 Å². The standard InChI is InChI=1S/C36H29N3O4S/c1-43-29-19-21-30(22-20-29)44(41,42)39(25-26-11-3-2-4-12-26)35-18-10-9-17-33(35)36(40)38-37-24-34-31-15-7-5-13-27(31)23-28-14-6-8-16-32(28)34/h2-24H,25H2,1H3,(H,38,40)/b37-24-. The Bertz CT molecular complexity index is 2040. The van der Waals surface area contributed by atoms with Crippen molar-refractivity contribution in [1.82, 2.24) is 5.43 Å². The number of amides is 1. The van der Waals surface area contributed by atoms with Crippen LogP contribution in [0.5, 0.6) is 5.75 Å². The topological polar surface area (TPSA) is 88.1 Å². The van der Waals surface area contributed by atoms with Crippen LogP contribution in [0.1, 0.15) is 21.5 Å². The van der Waals surface area contributed by atoms with Crippen LogP contribution < -0.4 is 14.5 Å². The minimum Gasteiger partial charge on any atom is -0.497 e. The van der Waals surface area contributed by atoms with Crippen LogP contribution in [0.3, 0.4) is 0 Å². The van der Waals surface area contributed by atoms with Gasteiger partial charge in [-0.05, 0) is 69.6 Å². The summed E-state index contributed by atoms with van der Waals surface area (Å²) in [5.74, 6) is -0.000410. The van der Waals surface area contributed by atoms with Crippen LogP contribution in [0.15, 0.2) is 143 Å². The van der Waals surface area contributed by atoms with Crippen LogP contribution >= 0.6 is 0 Å². The van der Waals surface area contributed by atoms with Crippen LogP contribution in [0, 0.1) is 0 Å². The van der Waals surface area contributed by atoms with Crippen LogP contribution in [0.2, 0.25) is 0 Å². The fourth-order valence-corrected chi connectivity index (χ4v) is 6.68. The molecular formula is C36H29N3O4S. The van der Waals surface area contributed by atoms with Crippen LogP contribution in [0.25, 0.3) is 21.5 Å². The molecule has 0 fully saturated rings. The number of carbonyl (C=O) groups excluding carboxylic acids is 1. The van der Waals surface area contributed by atoms with E-state index < -0.39 is 15.9 Å².